The van der Waals surface area contributed by atoms with Crippen molar-refractivity contribution in [1.29, 1.82) is 0 Å². The molecule has 0 aliphatic carbocycles. The van der Waals surface area contributed by atoms with E-state index in [2.05, 4.69) is 19.9 Å². The molecule has 2 aromatic carbocycles. The van der Waals surface area contributed by atoms with Gasteiger partial charge in [0.25, 0.3) is 0 Å². The molecule has 1 aromatic heterocycles. The monoisotopic (exact) mass is 352 g/mol. The van der Waals surface area contributed by atoms with Crippen molar-refractivity contribution in [2.75, 3.05) is 21.3 Å². The average Bonchev–Trinajstić information content (AvgIpc) is 2.96. The fraction of sp³-hybridized carbons (Fsp3) is 0.273. The Balaban J connectivity index is 2.11. The summed E-state index contributed by atoms with van der Waals surface area (Å²) in [5.41, 5.74) is 5.26. The first-order chi connectivity index (χ1) is 12.5. The molecule has 0 radical (unpaired) electrons. The number of hydrogen-bond acceptors (Lipinski definition) is 4. The number of rotatable bonds is 5. The van der Waals surface area contributed by atoms with Crippen molar-refractivity contribution < 1.29 is 18.6 Å². The summed E-state index contributed by atoms with van der Waals surface area (Å²) in [6.07, 6.45) is 0. The van der Waals surface area contributed by atoms with Crippen LogP contribution in [0.25, 0.3) is 22.6 Å². The second-order valence-corrected chi connectivity index (χ2v) is 6.26. The summed E-state index contributed by atoms with van der Waals surface area (Å²) < 4.78 is 22.5. The fourth-order valence-corrected chi connectivity index (χ4v) is 3.09. The third kappa shape index (κ3) is 3.03. The lowest BCUT2D eigenvalue weighted by Crippen LogP contribution is -1.90. The van der Waals surface area contributed by atoms with Crippen LogP contribution in [-0.4, -0.2) is 21.3 Å². The smallest absolute Gasteiger partial charge is 0.161 e. The Kier molecular flexibility index (Phi) is 4.94. The van der Waals surface area contributed by atoms with Crippen molar-refractivity contribution in [2.45, 2.75) is 20.8 Å². The van der Waals surface area contributed by atoms with Crippen molar-refractivity contribution in [2.24, 2.45) is 0 Å². The second kappa shape index (κ2) is 7.16. The molecule has 0 spiro atoms. The molecule has 3 aromatic rings. The number of hydrogen-bond donors (Lipinski definition) is 0. The van der Waals surface area contributed by atoms with Crippen LogP contribution in [0, 0.1) is 20.8 Å². The molecule has 4 heteroatoms. The lowest BCUT2D eigenvalue weighted by molar-refractivity contribution is 0.355. The molecular weight excluding hydrogens is 328 g/mol. The van der Waals surface area contributed by atoms with Crippen LogP contribution in [0.4, 0.5) is 0 Å². The van der Waals surface area contributed by atoms with E-state index in [0.29, 0.717) is 11.5 Å². The molecule has 0 saturated carbocycles. The van der Waals surface area contributed by atoms with Crippen LogP contribution >= 0.6 is 0 Å². The lowest BCUT2D eigenvalue weighted by Gasteiger charge is -2.09. The van der Waals surface area contributed by atoms with Gasteiger partial charge < -0.3 is 18.6 Å². The van der Waals surface area contributed by atoms with Gasteiger partial charge >= 0.3 is 0 Å². The van der Waals surface area contributed by atoms with Crippen LogP contribution in [0.1, 0.15) is 16.7 Å². The average molecular weight is 352 g/mol. The highest BCUT2D eigenvalue weighted by Crippen LogP contribution is 2.40. The summed E-state index contributed by atoms with van der Waals surface area (Å²) >= 11 is 0. The molecule has 0 atom stereocenters. The van der Waals surface area contributed by atoms with Gasteiger partial charge in [-0.2, -0.15) is 0 Å². The molecule has 26 heavy (non-hydrogen) atoms. The normalized spacial score (nSPS) is 10.7. The molecule has 0 unspecified atom stereocenters. The predicted octanol–water partition coefficient (Wildman–Crippen LogP) is 5.56. The van der Waals surface area contributed by atoms with E-state index in [4.69, 9.17) is 18.6 Å². The first-order valence-corrected chi connectivity index (χ1v) is 8.47. The number of benzene rings is 2. The second-order valence-electron chi connectivity index (χ2n) is 6.26. The summed E-state index contributed by atoms with van der Waals surface area (Å²) in [6, 6.07) is 11.9. The van der Waals surface area contributed by atoms with Crippen LogP contribution in [0.15, 0.2) is 40.8 Å². The van der Waals surface area contributed by atoms with E-state index in [1.165, 1.54) is 0 Å². The van der Waals surface area contributed by atoms with Crippen LogP contribution in [-0.2, 0) is 0 Å². The maximum absolute atomic E-state index is 6.28. The predicted molar refractivity (Wildman–Crippen MR) is 103 cm³/mol. The van der Waals surface area contributed by atoms with Gasteiger partial charge in [0.15, 0.2) is 11.5 Å². The Morgan fingerprint density at radius 2 is 1.12 bits per heavy atom. The van der Waals surface area contributed by atoms with E-state index >= 15 is 0 Å². The topological polar surface area (TPSA) is 40.8 Å². The highest BCUT2D eigenvalue weighted by atomic mass is 16.5. The van der Waals surface area contributed by atoms with Gasteiger partial charge in [-0.1, -0.05) is 12.1 Å². The molecule has 0 aliphatic rings. The minimum Gasteiger partial charge on any atom is -0.496 e. The molecule has 0 fully saturated rings. The van der Waals surface area contributed by atoms with Crippen LogP contribution in [0.2, 0.25) is 0 Å². The maximum atomic E-state index is 6.28. The van der Waals surface area contributed by atoms with E-state index in [1.807, 2.05) is 37.3 Å². The number of aryl methyl sites for hydroxylation is 1. The molecule has 4 nitrogen and oxygen atoms in total. The molecule has 3 rings (SSSR count). The van der Waals surface area contributed by atoms with Gasteiger partial charge in [-0.3, -0.25) is 0 Å². The van der Waals surface area contributed by atoms with Gasteiger partial charge in [0.2, 0.25) is 0 Å². The van der Waals surface area contributed by atoms with Gasteiger partial charge in [-0.05, 0) is 61.7 Å². The molecule has 0 amide bonds. The molecular formula is C22H24O4. The van der Waals surface area contributed by atoms with Gasteiger partial charge in [0.05, 0.1) is 21.3 Å². The van der Waals surface area contributed by atoms with E-state index < -0.39 is 0 Å². The van der Waals surface area contributed by atoms with E-state index in [1.54, 1.807) is 21.3 Å². The summed E-state index contributed by atoms with van der Waals surface area (Å²) in [6.45, 7) is 6.17. The largest absolute Gasteiger partial charge is 0.496 e. The maximum Gasteiger partial charge on any atom is 0.161 e. The quantitative estimate of drug-likeness (QED) is 0.602. The van der Waals surface area contributed by atoms with Crippen molar-refractivity contribution in [3.8, 4) is 39.9 Å². The molecule has 136 valence electrons. The van der Waals surface area contributed by atoms with Crippen molar-refractivity contribution in [3.63, 3.8) is 0 Å². The highest BCUT2D eigenvalue weighted by molar-refractivity contribution is 5.74. The third-order valence-electron chi connectivity index (χ3n) is 4.76. The first-order valence-electron chi connectivity index (χ1n) is 8.47. The Morgan fingerprint density at radius 1 is 0.615 bits per heavy atom. The van der Waals surface area contributed by atoms with Crippen LogP contribution < -0.4 is 14.2 Å². The van der Waals surface area contributed by atoms with Crippen LogP contribution in [0.3, 0.4) is 0 Å². The third-order valence-corrected chi connectivity index (χ3v) is 4.76. The Morgan fingerprint density at radius 3 is 1.65 bits per heavy atom. The van der Waals surface area contributed by atoms with Gasteiger partial charge in [-0.15, -0.1) is 0 Å². The number of methoxy groups -OCH3 is 3. The zero-order chi connectivity index (χ0) is 18.8. The van der Waals surface area contributed by atoms with Crippen molar-refractivity contribution in [3.05, 3.63) is 53.1 Å². The van der Waals surface area contributed by atoms with Crippen molar-refractivity contribution in [1.82, 2.24) is 0 Å². The zero-order valence-electron chi connectivity index (χ0n) is 16.1. The fourth-order valence-electron chi connectivity index (χ4n) is 3.09. The summed E-state index contributed by atoms with van der Waals surface area (Å²) in [5.74, 6) is 3.91. The van der Waals surface area contributed by atoms with Crippen molar-refractivity contribution >= 4 is 0 Å². The highest BCUT2D eigenvalue weighted by Gasteiger charge is 2.18. The number of furan rings is 1. The lowest BCUT2D eigenvalue weighted by atomic mass is 10.0. The summed E-state index contributed by atoms with van der Waals surface area (Å²) in [7, 11) is 4.94. The molecule has 1 heterocycles. The molecule has 0 saturated heterocycles. The minimum absolute atomic E-state index is 0.678. The Bertz CT molecular complexity index is 938. The first kappa shape index (κ1) is 17.9. The van der Waals surface area contributed by atoms with Crippen LogP contribution in [0.5, 0.6) is 17.2 Å². The van der Waals surface area contributed by atoms with E-state index in [9.17, 15) is 0 Å². The SMILES string of the molecule is COc1cc(-c2oc(-c3ccc(OC)c(OC)c3)c(C)c2C)ccc1C. The summed E-state index contributed by atoms with van der Waals surface area (Å²) in [4.78, 5) is 0. The summed E-state index contributed by atoms with van der Waals surface area (Å²) in [5, 5.41) is 0. The van der Waals surface area contributed by atoms with Gasteiger partial charge in [0.1, 0.15) is 17.3 Å². The number of ether oxygens (including phenoxy) is 3. The van der Waals surface area contributed by atoms with E-state index in [-0.39, 0.29) is 0 Å². The Hall–Kier alpha value is -2.88. The standard InChI is InChI=1S/C22H24O4/c1-13-7-8-16(11-19(13)24-5)21-14(2)15(3)22(26-21)17-9-10-18(23-4)20(12-17)25-6/h7-12H,1-6H3. The molecule has 0 aliphatic heterocycles. The Labute approximate surface area is 154 Å². The zero-order valence-corrected chi connectivity index (χ0v) is 16.1. The van der Waals surface area contributed by atoms with Gasteiger partial charge in [-0.25, -0.2) is 0 Å². The van der Waals surface area contributed by atoms with E-state index in [0.717, 1.165) is 45.1 Å². The van der Waals surface area contributed by atoms with Gasteiger partial charge in [0, 0.05) is 11.1 Å². The molecule has 0 bridgehead atoms. The minimum atomic E-state index is 0.678. The molecule has 0 N–H and O–H groups in total.